The molecule has 0 radical (unpaired) electrons. The molecule has 2 fully saturated rings. The van der Waals surface area contributed by atoms with Crippen LogP contribution in [-0.4, -0.2) is 49.1 Å². The molecule has 0 atom stereocenters. The predicted octanol–water partition coefficient (Wildman–Crippen LogP) is 6.02. The van der Waals surface area contributed by atoms with Crippen LogP contribution in [0, 0.1) is 23.7 Å². The zero-order valence-corrected chi connectivity index (χ0v) is 16.4. The molecular formula is C22H50N2. The van der Waals surface area contributed by atoms with Crippen molar-refractivity contribution in [3.8, 4) is 0 Å². The van der Waals surface area contributed by atoms with Gasteiger partial charge in [0, 0.05) is 6.04 Å². The number of piperidine rings is 2. The zero-order chi connectivity index (χ0) is 16.7. The third kappa shape index (κ3) is 9.42. The Morgan fingerprint density at radius 2 is 0.958 bits per heavy atom. The summed E-state index contributed by atoms with van der Waals surface area (Å²) in [6, 6.07) is 0.748. The van der Waals surface area contributed by atoms with Crippen LogP contribution in [-0.2, 0) is 0 Å². The van der Waals surface area contributed by atoms with Gasteiger partial charge >= 0.3 is 0 Å². The highest BCUT2D eigenvalue weighted by Gasteiger charge is 2.22. The molecule has 2 heteroatoms. The highest BCUT2D eigenvalue weighted by Crippen LogP contribution is 2.25. The molecule has 2 heterocycles. The van der Waals surface area contributed by atoms with Crippen LogP contribution in [0.5, 0.6) is 0 Å². The summed E-state index contributed by atoms with van der Waals surface area (Å²) in [4.78, 5) is 5.03. The lowest BCUT2D eigenvalue weighted by molar-refractivity contribution is 0.129. The molecule has 2 saturated heterocycles. The molecule has 0 bridgehead atoms. The van der Waals surface area contributed by atoms with Gasteiger partial charge in [0.15, 0.2) is 0 Å². The van der Waals surface area contributed by atoms with Crippen molar-refractivity contribution >= 4 is 0 Å². The van der Waals surface area contributed by atoms with Gasteiger partial charge in [-0.25, -0.2) is 0 Å². The minimum Gasteiger partial charge on any atom is -0.306 e. The number of hydrogen-bond acceptors (Lipinski definition) is 2. The largest absolute Gasteiger partial charge is 0.306 e. The molecule has 0 aromatic heterocycles. The molecule has 0 amide bonds. The Balaban J connectivity index is 0. The lowest BCUT2D eigenvalue weighted by atomic mass is 9.86. The van der Waals surface area contributed by atoms with Crippen molar-refractivity contribution < 1.29 is 0 Å². The molecule has 2 nitrogen and oxygen atoms in total. The summed E-state index contributed by atoms with van der Waals surface area (Å²) >= 11 is 0. The predicted molar refractivity (Wildman–Crippen MR) is 113 cm³/mol. The van der Waals surface area contributed by atoms with Crippen LogP contribution in [0.2, 0.25) is 0 Å². The van der Waals surface area contributed by atoms with E-state index in [4.69, 9.17) is 0 Å². The van der Waals surface area contributed by atoms with Crippen LogP contribution in [0.3, 0.4) is 0 Å². The van der Waals surface area contributed by atoms with Gasteiger partial charge in [0.25, 0.3) is 0 Å². The summed E-state index contributed by atoms with van der Waals surface area (Å²) in [6.45, 7) is 19.3. The Morgan fingerprint density at radius 3 is 1.25 bits per heavy atom. The lowest BCUT2D eigenvalue weighted by Crippen LogP contribution is -2.39. The van der Waals surface area contributed by atoms with Crippen LogP contribution in [0.15, 0.2) is 0 Å². The van der Waals surface area contributed by atoms with Gasteiger partial charge in [-0.15, -0.1) is 0 Å². The molecule has 0 aromatic carbocycles. The summed E-state index contributed by atoms with van der Waals surface area (Å²) in [7, 11) is 2.22. The topological polar surface area (TPSA) is 6.48 Å². The maximum absolute atomic E-state index is 2.60. The van der Waals surface area contributed by atoms with Crippen molar-refractivity contribution in [2.24, 2.45) is 23.7 Å². The Hall–Kier alpha value is -0.0800. The summed E-state index contributed by atoms with van der Waals surface area (Å²) in [5.74, 6) is 3.77. The third-order valence-electron chi connectivity index (χ3n) is 5.95. The molecule has 0 spiro atoms. The van der Waals surface area contributed by atoms with Crippen LogP contribution < -0.4 is 0 Å². The van der Waals surface area contributed by atoms with E-state index < -0.39 is 0 Å². The number of rotatable bonds is 3. The Labute approximate surface area is 155 Å². The number of likely N-dealkylation sites (tertiary alicyclic amines) is 2. The molecule has 0 unspecified atom stereocenters. The molecule has 0 aliphatic carbocycles. The van der Waals surface area contributed by atoms with Gasteiger partial charge in [-0.2, -0.15) is 0 Å². The Morgan fingerprint density at radius 1 is 0.625 bits per heavy atom. The normalized spacial score (nSPS) is 21.2. The van der Waals surface area contributed by atoms with Crippen LogP contribution in [0.4, 0.5) is 0 Å². The first-order valence-corrected chi connectivity index (χ1v) is 9.73. The second-order valence-corrected chi connectivity index (χ2v) is 8.60. The van der Waals surface area contributed by atoms with Crippen molar-refractivity contribution in [2.75, 3.05) is 33.2 Å². The minimum absolute atomic E-state index is 0. The fourth-order valence-corrected chi connectivity index (χ4v) is 3.80. The summed E-state index contributed by atoms with van der Waals surface area (Å²) in [5, 5.41) is 0. The van der Waals surface area contributed by atoms with Crippen LogP contribution in [0.1, 0.15) is 82.1 Å². The van der Waals surface area contributed by atoms with E-state index in [9.17, 15) is 0 Å². The van der Waals surface area contributed by atoms with Crippen molar-refractivity contribution in [3.05, 3.63) is 0 Å². The number of hydrogen-bond donors (Lipinski definition) is 0. The fraction of sp³-hybridized carbons (Fsp3) is 1.00. The lowest BCUT2D eigenvalue weighted by Gasteiger charge is -2.36. The molecule has 2 aliphatic rings. The van der Waals surface area contributed by atoms with Gasteiger partial charge in [-0.1, -0.05) is 42.5 Å². The third-order valence-corrected chi connectivity index (χ3v) is 5.95. The first-order valence-electron chi connectivity index (χ1n) is 9.73. The first kappa shape index (κ1) is 26.2. The highest BCUT2D eigenvalue weighted by atomic mass is 15.1. The second kappa shape index (κ2) is 13.2. The van der Waals surface area contributed by atoms with Crippen molar-refractivity contribution in [1.82, 2.24) is 9.80 Å². The first-order chi connectivity index (χ1) is 10.3. The molecule has 0 aromatic rings. The van der Waals surface area contributed by atoms with E-state index in [1.165, 1.54) is 51.9 Å². The maximum Gasteiger partial charge on any atom is 0.00385 e. The van der Waals surface area contributed by atoms with E-state index in [1.54, 1.807) is 0 Å². The molecule has 24 heavy (non-hydrogen) atoms. The van der Waals surface area contributed by atoms with Crippen molar-refractivity contribution in [2.45, 2.75) is 88.1 Å². The van der Waals surface area contributed by atoms with E-state index in [0.29, 0.717) is 0 Å². The van der Waals surface area contributed by atoms with E-state index in [2.05, 4.69) is 58.4 Å². The smallest absolute Gasteiger partial charge is 0.00385 e. The average molecular weight is 343 g/mol. The molecule has 0 saturated carbocycles. The van der Waals surface area contributed by atoms with E-state index >= 15 is 0 Å². The maximum atomic E-state index is 2.60. The molecular weight excluding hydrogens is 292 g/mol. The van der Waals surface area contributed by atoms with Crippen molar-refractivity contribution in [3.63, 3.8) is 0 Å². The van der Waals surface area contributed by atoms with Gasteiger partial charge in [0.05, 0.1) is 0 Å². The van der Waals surface area contributed by atoms with Gasteiger partial charge in [0.2, 0.25) is 0 Å². The van der Waals surface area contributed by atoms with Crippen LogP contribution in [0.25, 0.3) is 0 Å². The summed E-state index contributed by atoms with van der Waals surface area (Å²) < 4.78 is 0. The SMILES string of the molecule is C.C.CC(C)C1CCN(C(C)C)CC1.CC(C)C1CCN(C)CC1. The standard InChI is InChI=1S/C11H23N.C9H19N.2CH4/c1-9(2)11-5-7-12(8-6-11)10(3)4;1-8(2)9-4-6-10(3)7-5-9;;/h9-11H,5-8H2,1-4H3;8-9H,4-7H2,1-3H3;2*1H4. The number of nitrogens with zero attached hydrogens (tertiary/aromatic N) is 2. The average Bonchev–Trinajstić information content (AvgIpc) is 2.48. The Bertz CT molecular complexity index is 254. The summed E-state index contributed by atoms with van der Waals surface area (Å²) in [6.07, 6.45) is 5.65. The fourth-order valence-electron chi connectivity index (χ4n) is 3.80. The Kier molecular flexibility index (Phi) is 14.3. The quantitative estimate of drug-likeness (QED) is 0.619. The van der Waals surface area contributed by atoms with Gasteiger partial charge in [0.1, 0.15) is 0 Å². The summed E-state index contributed by atoms with van der Waals surface area (Å²) in [5.41, 5.74) is 0. The van der Waals surface area contributed by atoms with E-state index in [0.717, 1.165) is 29.7 Å². The van der Waals surface area contributed by atoms with Crippen molar-refractivity contribution in [1.29, 1.82) is 0 Å². The second-order valence-electron chi connectivity index (χ2n) is 8.60. The van der Waals surface area contributed by atoms with Crippen LogP contribution >= 0.6 is 0 Å². The molecule has 0 N–H and O–H groups in total. The highest BCUT2D eigenvalue weighted by molar-refractivity contribution is 4.76. The molecule has 2 aliphatic heterocycles. The zero-order valence-electron chi connectivity index (χ0n) is 16.4. The molecule has 2 rings (SSSR count). The monoisotopic (exact) mass is 342 g/mol. The van der Waals surface area contributed by atoms with Gasteiger partial charge in [-0.05, 0) is 96.4 Å². The van der Waals surface area contributed by atoms with Gasteiger partial charge in [-0.3, -0.25) is 0 Å². The van der Waals surface area contributed by atoms with Gasteiger partial charge < -0.3 is 9.80 Å². The minimum atomic E-state index is 0. The van der Waals surface area contributed by atoms with E-state index in [1.807, 2.05) is 0 Å². The van der Waals surface area contributed by atoms with E-state index in [-0.39, 0.29) is 14.9 Å². The molecule has 148 valence electrons.